The van der Waals surface area contributed by atoms with Crippen LogP contribution in [0.3, 0.4) is 0 Å². The Kier molecular flexibility index (Phi) is 8.63. The van der Waals surface area contributed by atoms with E-state index in [-0.39, 0.29) is 0 Å². The molecule has 0 bridgehead atoms. The van der Waals surface area contributed by atoms with Crippen molar-refractivity contribution in [2.75, 3.05) is 0 Å². The van der Waals surface area contributed by atoms with Crippen LogP contribution in [-0.2, 0) is 17.9 Å². The molecule has 1 rings (SSSR count). The third-order valence-electron chi connectivity index (χ3n) is 3.50. The monoisotopic (exact) mass is 281 g/mol. The van der Waals surface area contributed by atoms with Crippen molar-refractivity contribution in [1.29, 1.82) is 0 Å². The fourth-order valence-corrected chi connectivity index (χ4v) is 2.12. The smallest absolute Gasteiger partial charge is 0.123 e. The van der Waals surface area contributed by atoms with Gasteiger partial charge in [0.25, 0.3) is 0 Å². The molecule has 0 spiro atoms. The van der Waals surface area contributed by atoms with Gasteiger partial charge >= 0.3 is 0 Å². The molecular formula is C17H31NO2. The lowest BCUT2D eigenvalue weighted by Crippen LogP contribution is -2.22. The van der Waals surface area contributed by atoms with Gasteiger partial charge in [0.15, 0.2) is 0 Å². The number of hydrogen-bond acceptors (Lipinski definition) is 3. The van der Waals surface area contributed by atoms with Crippen molar-refractivity contribution in [2.24, 2.45) is 0 Å². The molecule has 20 heavy (non-hydrogen) atoms. The highest BCUT2D eigenvalue weighted by Gasteiger charge is 2.09. The summed E-state index contributed by atoms with van der Waals surface area (Å²) in [7, 11) is 0. The summed E-state index contributed by atoms with van der Waals surface area (Å²) in [5.41, 5.74) is 1.17. The second-order valence-electron chi connectivity index (χ2n) is 5.88. The molecule has 0 aliphatic heterocycles. The van der Waals surface area contributed by atoms with Crippen LogP contribution in [-0.4, -0.2) is 12.1 Å². The van der Waals surface area contributed by atoms with E-state index >= 15 is 0 Å². The fourth-order valence-electron chi connectivity index (χ4n) is 2.12. The van der Waals surface area contributed by atoms with Crippen LogP contribution >= 0.6 is 0 Å². The van der Waals surface area contributed by atoms with Crippen molar-refractivity contribution in [3.05, 3.63) is 23.7 Å². The van der Waals surface area contributed by atoms with E-state index in [1.807, 2.05) is 6.07 Å². The molecule has 0 aromatic carbocycles. The van der Waals surface area contributed by atoms with Gasteiger partial charge in [-0.1, -0.05) is 46.5 Å². The zero-order valence-corrected chi connectivity index (χ0v) is 13.6. The van der Waals surface area contributed by atoms with E-state index in [0.29, 0.717) is 18.8 Å². The minimum absolute atomic E-state index is 0.327. The van der Waals surface area contributed by atoms with Crippen LogP contribution in [0.5, 0.6) is 0 Å². The summed E-state index contributed by atoms with van der Waals surface area (Å²) in [6, 6.07) is 2.48. The molecule has 0 aliphatic rings. The Balaban J connectivity index is 2.25. The van der Waals surface area contributed by atoms with Crippen LogP contribution in [0.25, 0.3) is 0 Å². The highest BCUT2D eigenvalue weighted by atomic mass is 16.5. The van der Waals surface area contributed by atoms with Gasteiger partial charge in [0.2, 0.25) is 0 Å². The zero-order valence-electron chi connectivity index (χ0n) is 13.6. The number of furan rings is 1. The molecule has 1 heterocycles. The van der Waals surface area contributed by atoms with Crippen molar-refractivity contribution >= 4 is 0 Å². The summed E-state index contributed by atoms with van der Waals surface area (Å²) in [5.74, 6) is 0.997. The van der Waals surface area contributed by atoms with E-state index in [4.69, 9.17) is 9.15 Å². The molecule has 0 aliphatic carbocycles. The minimum Gasteiger partial charge on any atom is -0.468 e. The Hall–Kier alpha value is -0.800. The molecule has 1 atom stereocenters. The lowest BCUT2D eigenvalue weighted by molar-refractivity contribution is 0.0450. The zero-order chi connectivity index (χ0) is 14.8. The largest absolute Gasteiger partial charge is 0.468 e. The number of nitrogens with one attached hydrogen (secondary N) is 1. The first-order valence-corrected chi connectivity index (χ1v) is 8.03. The van der Waals surface area contributed by atoms with Gasteiger partial charge in [-0.15, -0.1) is 0 Å². The summed E-state index contributed by atoms with van der Waals surface area (Å²) in [6.07, 6.45) is 8.43. The van der Waals surface area contributed by atoms with Crippen LogP contribution in [0, 0.1) is 0 Å². The molecule has 0 fully saturated rings. The second-order valence-corrected chi connectivity index (χ2v) is 5.88. The molecule has 0 amide bonds. The maximum Gasteiger partial charge on any atom is 0.123 e. The number of rotatable bonds is 11. The quantitative estimate of drug-likeness (QED) is 0.599. The van der Waals surface area contributed by atoms with Crippen LogP contribution < -0.4 is 5.32 Å². The Labute approximate surface area is 124 Å². The average Bonchev–Trinajstić information content (AvgIpc) is 2.86. The molecule has 1 N–H and O–H groups in total. The van der Waals surface area contributed by atoms with Crippen molar-refractivity contribution < 1.29 is 9.15 Å². The number of hydrogen-bond donors (Lipinski definition) is 1. The van der Waals surface area contributed by atoms with Crippen molar-refractivity contribution in [3.8, 4) is 0 Å². The summed E-state index contributed by atoms with van der Waals surface area (Å²) >= 11 is 0. The first-order chi connectivity index (χ1) is 9.63. The van der Waals surface area contributed by atoms with E-state index in [9.17, 15) is 0 Å². The van der Waals surface area contributed by atoms with Gasteiger partial charge in [0, 0.05) is 11.6 Å². The summed E-state index contributed by atoms with van der Waals surface area (Å²) < 4.78 is 11.4. The Morgan fingerprint density at radius 3 is 2.70 bits per heavy atom. The van der Waals surface area contributed by atoms with E-state index in [0.717, 1.165) is 18.7 Å². The fraction of sp³-hybridized carbons (Fsp3) is 0.765. The van der Waals surface area contributed by atoms with Crippen molar-refractivity contribution in [2.45, 2.75) is 85.1 Å². The molecule has 0 saturated carbocycles. The molecule has 3 heteroatoms. The molecule has 1 unspecified atom stereocenters. The van der Waals surface area contributed by atoms with Crippen LogP contribution in [0.2, 0.25) is 0 Å². The predicted molar refractivity (Wildman–Crippen MR) is 83.7 cm³/mol. The van der Waals surface area contributed by atoms with Gasteiger partial charge in [-0.2, -0.15) is 0 Å². The maximum atomic E-state index is 5.93. The van der Waals surface area contributed by atoms with Crippen molar-refractivity contribution in [1.82, 2.24) is 5.32 Å². The molecule has 0 radical (unpaired) electrons. The van der Waals surface area contributed by atoms with Crippen LogP contribution in [0.15, 0.2) is 16.7 Å². The highest BCUT2D eigenvalue weighted by molar-refractivity contribution is 5.15. The summed E-state index contributed by atoms with van der Waals surface area (Å²) in [6.45, 7) is 10.1. The molecule has 116 valence electrons. The normalized spacial score (nSPS) is 13.1. The van der Waals surface area contributed by atoms with Gasteiger partial charge in [-0.3, -0.25) is 0 Å². The van der Waals surface area contributed by atoms with Crippen molar-refractivity contribution in [3.63, 3.8) is 0 Å². The lowest BCUT2D eigenvalue weighted by Gasteiger charge is -2.13. The first kappa shape index (κ1) is 17.3. The Bertz CT molecular complexity index is 347. The van der Waals surface area contributed by atoms with Gasteiger partial charge in [0.05, 0.1) is 25.5 Å². The maximum absolute atomic E-state index is 5.93. The van der Waals surface area contributed by atoms with Gasteiger partial charge in [-0.25, -0.2) is 0 Å². The molecule has 3 nitrogen and oxygen atoms in total. The predicted octanol–water partition coefficient (Wildman–Crippen LogP) is 4.65. The molecule has 1 aromatic rings. The Morgan fingerprint density at radius 1 is 1.20 bits per heavy atom. The lowest BCUT2D eigenvalue weighted by atomic mass is 10.1. The first-order valence-electron chi connectivity index (χ1n) is 8.03. The number of unbranched alkanes of at least 4 members (excludes halogenated alkanes) is 3. The third-order valence-corrected chi connectivity index (χ3v) is 3.50. The van der Waals surface area contributed by atoms with E-state index in [1.165, 1.54) is 31.2 Å². The average molecular weight is 281 g/mol. The van der Waals surface area contributed by atoms with Gasteiger partial charge in [0.1, 0.15) is 5.76 Å². The topological polar surface area (TPSA) is 34.4 Å². The van der Waals surface area contributed by atoms with Crippen LogP contribution in [0.4, 0.5) is 0 Å². The van der Waals surface area contributed by atoms with Gasteiger partial charge in [-0.05, 0) is 19.4 Å². The van der Waals surface area contributed by atoms with E-state index in [1.54, 1.807) is 6.26 Å². The molecule has 0 saturated heterocycles. The highest BCUT2D eigenvalue weighted by Crippen LogP contribution is 2.15. The number of ether oxygens (including phenoxy) is 1. The second kappa shape index (κ2) is 10.0. The summed E-state index contributed by atoms with van der Waals surface area (Å²) in [5, 5.41) is 3.37. The molecular weight excluding hydrogens is 250 g/mol. The summed E-state index contributed by atoms with van der Waals surface area (Å²) in [4.78, 5) is 0. The standard InChI is InChI=1S/C17H31NO2/c1-5-6-7-8-9-15(4)20-13-16-10-11-19-17(16)12-18-14(2)3/h10-11,14-15,18H,5-9,12-13H2,1-4H3. The Morgan fingerprint density at radius 2 is 2.00 bits per heavy atom. The van der Waals surface area contributed by atoms with Crippen LogP contribution in [0.1, 0.15) is 71.1 Å². The minimum atomic E-state index is 0.327. The van der Waals surface area contributed by atoms with E-state index < -0.39 is 0 Å². The molecule has 1 aromatic heterocycles. The van der Waals surface area contributed by atoms with E-state index in [2.05, 4.69) is 33.0 Å². The third kappa shape index (κ3) is 7.11. The van der Waals surface area contributed by atoms with Gasteiger partial charge < -0.3 is 14.5 Å². The SMILES string of the molecule is CCCCCCC(C)OCc1ccoc1CNC(C)C.